The highest BCUT2D eigenvalue weighted by molar-refractivity contribution is 6.04. The van der Waals surface area contributed by atoms with Crippen molar-refractivity contribution in [1.29, 1.82) is 0 Å². The summed E-state index contributed by atoms with van der Waals surface area (Å²) in [5.74, 6) is 0.273. The summed E-state index contributed by atoms with van der Waals surface area (Å²) in [6.45, 7) is 1.94. The lowest BCUT2D eigenvalue weighted by Gasteiger charge is -2.43. The Morgan fingerprint density at radius 1 is 1.06 bits per heavy atom. The smallest absolute Gasteiger partial charge is 0.319 e. The fraction of sp³-hybridized carbons (Fsp3) is 0.472. The fourth-order valence-corrected chi connectivity index (χ4v) is 9.35. The Bertz CT molecular complexity index is 2050. The first-order valence-electron chi connectivity index (χ1n) is 16.9. The van der Waals surface area contributed by atoms with E-state index in [9.17, 15) is 4.39 Å². The maximum atomic E-state index is 17.2. The summed E-state index contributed by atoms with van der Waals surface area (Å²) in [6, 6.07) is 4.66. The first-order valence-corrected chi connectivity index (χ1v) is 16.9. The van der Waals surface area contributed by atoms with Crippen LogP contribution in [0.1, 0.15) is 56.1 Å². The number of hydrogen-bond donors (Lipinski definition) is 2. The zero-order chi connectivity index (χ0) is 32.9. The Balaban J connectivity index is 1.28. The highest BCUT2D eigenvalue weighted by Gasteiger charge is 2.50. The van der Waals surface area contributed by atoms with Crippen molar-refractivity contribution in [2.75, 3.05) is 36.9 Å². The zero-order valence-corrected chi connectivity index (χ0v) is 26.3. The topological polar surface area (TPSA) is 92.4 Å². The van der Waals surface area contributed by atoms with E-state index in [-0.39, 0.29) is 64.3 Å². The van der Waals surface area contributed by atoms with Gasteiger partial charge >= 0.3 is 6.01 Å². The van der Waals surface area contributed by atoms with E-state index < -0.39 is 34.7 Å². The van der Waals surface area contributed by atoms with Gasteiger partial charge in [-0.15, -0.1) is 6.42 Å². The van der Waals surface area contributed by atoms with E-state index in [4.69, 9.17) is 21.9 Å². The van der Waals surface area contributed by atoms with E-state index >= 15 is 13.2 Å². The third-order valence-electron chi connectivity index (χ3n) is 11.4. The summed E-state index contributed by atoms with van der Waals surface area (Å²) in [6.07, 6.45) is 10.6. The predicted molar refractivity (Wildman–Crippen MR) is 175 cm³/mol. The Kier molecular flexibility index (Phi) is 6.79. The Morgan fingerprint density at radius 2 is 1.94 bits per heavy atom. The van der Waals surface area contributed by atoms with Gasteiger partial charge in [0.2, 0.25) is 0 Å². The standard InChI is InChI=1S/C36H35F4N7O/c1-2-21-23(38)9-7-18-13-26(41)43-32(27(18)21)29-30(39)22-5-3-6-25-24-10-8-20(42-24)16-47(25)34-28(22)33(31(29)40)44-35(45-34)48-17-36-11-4-12-46(36)15-19(37)14-36/h1,7,9,13,19-20,24-25,42H,3-6,8,10-12,14-17H2,(H2,41,43)/t19-,20-,24+,25-,36+/m1/s1. The lowest BCUT2D eigenvalue weighted by Crippen LogP contribution is -2.58. The molecule has 8 nitrogen and oxygen atoms in total. The van der Waals surface area contributed by atoms with Gasteiger partial charge in [-0.2, -0.15) is 9.97 Å². The molecule has 3 N–H and O–H groups in total. The highest BCUT2D eigenvalue weighted by Crippen LogP contribution is 2.46. The Labute approximate surface area is 275 Å². The van der Waals surface area contributed by atoms with E-state index in [1.54, 1.807) is 0 Å². The van der Waals surface area contributed by atoms with E-state index in [0.29, 0.717) is 48.9 Å². The fourth-order valence-electron chi connectivity index (χ4n) is 9.35. The number of benzene rings is 2. The number of nitrogens with two attached hydrogens (primary N) is 1. The highest BCUT2D eigenvalue weighted by atomic mass is 19.1. The number of fused-ring (bicyclic) bond motifs is 7. The van der Waals surface area contributed by atoms with Gasteiger partial charge in [0.05, 0.1) is 27.7 Å². The number of ether oxygens (including phenoxy) is 1. The number of piperazine rings is 1. The van der Waals surface area contributed by atoms with Crippen LogP contribution in [0, 0.1) is 29.8 Å². The number of nitrogen functional groups attached to an aromatic ring is 1. The first kappa shape index (κ1) is 29.9. The number of aromatic nitrogens is 3. The minimum Gasteiger partial charge on any atom is -0.461 e. The van der Waals surface area contributed by atoms with Crippen molar-refractivity contribution in [2.45, 2.75) is 81.2 Å². The molecule has 0 aliphatic carbocycles. The molecular weight excluding hydrogens is 622 g/mol. The molecule has 0 spiro atoms. The van der Waals surface area contributed by atoms with E-state index in [1.807, 2.05) is 0 Å². The first-order chi connectivity index (χ1) is 23.2. The molecule has 5 aliphatic rings. The van der Waals surface area contributed by atoms with Gasteiger partial charge in [-0.05, 0) is 69.0 Å². The zero-order valence-electron chi connectivity index (χ0n) is 26.3. The SMILES string of the molecule is C#Cc1c(F)ccc2cc(N)nc(-c3c(F)c4c5c(nc(OC[C@@]67CCCN6C[C@H](F)C7)nc5c3F)N3C[C@H]5CC[C@H](N5)[C@H]3CCC4)c12. The molecule has 0 radical (unpaired) electrons. The number of rotatable bonds is 4. The van der Waals surface area contributed by atoms with Crippen LogP contribution in [0.2, 0.25) is 0 Å². The van der Waals surface area contributed by atoms with Crippen LogP contribution in [-0.4, -0.2) is 75.9 Å². The molecule has 0 amide bonds. The van der Waals surface area contributed by atoms with E-state index in [1.165, 1.54) is 18.2 Å². The van der Waals surface area contributed by atoms with Crippen molar-refractivity contribution in [3.8, 4) is 29.6 Å². The van der Waals surface area contributed by atoms with Gasteiger partial charge in [0, 0.05) is 48.6 Å². The van der Waals surface area contributed by atoms with Gasteiger partial charge in [0.25, 0.3) is 0 Å². The van der Waals surface area contributed by atoms with Crippen molar-refractivity contribution in [3.05, 3.63) is 46.8 Å². The molecule has 12 heteroatoms. The summed E-state index contributed by atoms with van der Waals surface area (Å²) >= 11 is 0. The molecule has 7 heterocycles. The quantitative estimate of drug-likeness (QED) is 0.222. The monoisotopic (exact) mass is 657 g/mol. The number of hydrogen-bond acceptors (Lipinski definition) is 8. The predicted octanol–water partition coefficient (Wildman–Crippen LogP) is 5.43. The molecule has 0 unspecified atom stereocenters. The summed E-state index contributed by atoms with van der Waals surface area (Å²) in [7, 11) is 0. The van der Waals surface area contributed by atoms with Gasteiger partial charge in [-0.1, -0.05) is 12.0 Å². The number of aryl methyl sites for hydroxylation is 1. The largest absolute Gasteiger partial charge is 0.461 e. The van der Waals surface area contributed by atoms with Crippen LogP contribution < -0.4 is 20.7 Å². The van der Waals surface area contributed by atoms with Crippen molar-refractivity contribution in [2.24, 2.45) is 0 Å². The third-order valence-corrected chi connectivity index (χ3v) is 11.4. The minimum absolute atomic E-state index is 0.00304. The molecule has 0 saturated carbocycles. The lowest BCUT2D eigenvalue weighted by molar-refractivity contribution is 0.107. The molecule has 2 bridgehead atoms. The van der Waals surface area contributed by atoms with Crippen molar-refractivity contribution in [1.82, 2.24) is 25.2 Å². The van der Waals surface area contributed by atoms with E-state index in [0.717, 1.165) is 38.6 Å². The third kappa shape index (κ3) is 4.39. The maximum Gasteiger partial charge on any atom is 0.319 e. The summed E-state index contributed by atoms with van der Waals surface area (Å²) in [4.78, 5) is 18.2. The van der Waals surface area contributed by atoms with Gasteiger partial charge in [-0.25, -0.2) is 22.5 Å². The molecule has 2 aromatic carbocycles. The lowest BCUT2D eigenvalue weighted by atomic mass is 9.89. The van der Waals surface area contributed by atoms with Crippen LogP contribution in [0.4, 0.5) is 29.2 Å². The minimum atomic E-state index is -0.980. The van der Waals surface area contributed by atoms with Gasteiger partial charge < -0.3 is 20.7 Å². The number of halogens is 4. The molecule has 4 aromatic rings. The number of anilines is 2. The maximum absolute atomic E-state index is 17.2. The molecular formula is C36H35F4N7O. The van der Waals surface area contributed by atoms with Crippen LogP contribution >= 0.6 is 0 Å². The summed E-state index contributed by atoms with van der Waals surface area (Å²) < 4.78 is 70.2. The van der Waals surface area contributed by atoms with Crippen LogP contribution in [-0.2, 0) is 6.42 Å². The Morgan fingerprint density at radius 3 is 2.79 bits per heavy atom. The number of nitrogens with zero attached hydrogens (tertiary/aromatic N) is 5. The second-order valence-electron chi connectivity index (χ2n) is 14.1. The summed E-state index contributed by atoms with van der Waals surface area (Å²) in [5.41, 5.74) is 5.01. The van der Waals surface area contributed by atoms with Gasteiger partial charge in [0.1, 0.15) is 41.6 Å². The van der Waals surface area contributed by atoms with Crippen LogP contribution in [0.15, 0.2) is 18.2 Å². The molecule has 2 aromatic heterocycles. The van der Waals surface area contributed by atoms with Crippen molar-refractivity contribution >= 4 is 33.3 Å². The molecule has 248 valence electrons. The average molecular weight is 658 g/mol. The average Bonchev–Trinajstić information content (AvgIpc) is 3.73. The second kappa shape index (κ2) is 10.9. The molecule has 5 aliphatic heterocycles. The molecule has 4 fully saturated rings. The van der Waals surface area contributed by atoms with Crippen molar-refractivity contribution in [3.63, 3.8) is 0 Å². The Hall–Kier alpha value is -4.21. The number of alkyl halides is 1. The second-order valence-corrected chi connectivity index (χ2v) is 14.1. The molecule has 48 heavy (non-hydrogen) atoms. The number of terminal acetylenes is 1. The summed E-state index contributed by atoms with van der Waals surface area (Å²) in [5, 5.41) is 4.51. The van der Waals surface area contributed by atoms with Crippen LogP contribution in [0.3, 0.4) is 0 Å². The van der Waals surface area contributed by atoms with Gasteiger partial charge in [-0.3, -0.25) is 4.90 Å². The molecule has 4 saturated heterocycles. The normalized spacial score (nSPS) is 27.9. The number of nitrogens with one attached hydrogen (secondary N) is 1. The molecule has 9 rings (SSSR count). The van der Waals surface area contributed by atoms with Crippen molar-refractivity contribution < 1.29 is 22.3 Å². The van der Waals surface area contributed by atoms with Crippen LogP contribution in [0.25, 0.3) is 32.9 Å². The molecule has 5 atom stereocenters. The van der Waals surface area contributed by atoms with E-state index in [2.05, 4.69) is 31.0 Å². The number of pyridine rings is 1. The van der Waals surface area contributed by atoms with Crippen LogP contribution in [0.5, 0.6) is 6.01 Å². The van der Waals surface area contributed by atoms with Gasteiger partial charge in [0.15, 0.2) is 5.82 Å².